The van der Waals surface area contributed by atoms with Gasteiger partial charge < -0.3 is 14.4 Å². The molecule has 0 N–H and O–H groups in total. The molecule has 0 aliphatic heterocycles. The second-order valence-corrected chi connectivity index (χ2v) is 8.20. The van der Waals surface area contributed by atoms with E-state index in [1.807, 2.05) is 29.1 Å². The number of carbonyl (C=O) groups excluding carboxylic acids is 2. The van der Waals surface area contributed by atoms with E-state index in [0.29, 0.717) is 13.0 Å². The van der Waals surface area contributed by atoms with E-state index in [-0.39, 0.29) is 24.4 Å². The summed E-state index contributed by atoms with van der Waals surface area (Å²) < 4.78 is 2.06. The number of amides is 2. The highest BCUT2D eigenvalue weighted by atomic mass is 16.2. The molecule has 5 heteroatoms. The predicted molar refractivity (Wildman–Crippen MR) is 114 cm³/mol. The molecule has 1 heterocycles. The molecule has 2 rings (SSSR count). The van der Waals surface area contributed by atoms with Gasteiger partial charge in [-0.25, -0.2) is 0 Å². The quantitative estimate of drug-likeness (QED) is 0.440. The van der Waals surface area contributed by atoms with Crippen LogP contribution in [0.4, 0.5) is 0 Å². The summed E-state index contributed by atoms with van der Waals surface area (Å²) >= 11 is 0. The van der Waals surface area contributed by atoms with Crippen molar-refractivity contribution in [2.24, 2.45) is 7.05 Å². The molecule has 0 radical (unpaired) electrons. The molecular weight excluding hydrogens is 350 g/mol. The monoisotopic (exact) mass is 389 g/mol. The third kappa shape index (κ3) is 7.33. The summed E-state index contributed by atoms with van der Waals surface area (Å²) in [6.07, 6.45) is 12.4. The number of aryl methyl sites for hydroxylation is 1. The molecule has 0 atom stereocenters. The number of unbranched alkanes of at least 4 members (excludes halogenated alkanes) is 5. The predicted octanol–water partition coefficient (Wildman–Crippen LogP) is 4.51. The Balaban J connectivity index is 1.91. The Bertz CT molecular complexity index is 607. The fraction of sp³-hybridized carbons (Fsp3) is 0.739. The number of rotatable bonds is 14. The first kappa shape index (κ1) is 22.5. The molecule has 1 fully saturated rings. The molecule has 0 bridgehead atoms. The molecule has 2 amide bonds. The third-order valence-electron chi connectivity index (χ3n) is 5.65. The minimum absolute atomic E-state index is 0.0842. The Labute approximate surface area is 171 Å². The topological polar surface area (TPSA) is 45.6 Å². The average molecular weight is 390 g/mol. The van der Waals surface area contributed by atoms with E-state index < -0.39 is 0 Å². The fourth-order valence-electron chi connectivity index (χ4n) is 3.57. The van der Waals surface area contributed by atoms with E-state index in [4.69, 9.17) is 0 Å². The summed E-state index contributed by atoms with van der Waals surface area (Å²) in [5.41, 5.74) is 1.13. The summed E-state index contributed by atoms with van der Waals surface area (Å²) in [5.74, 6) is 0.252. The smallest absolute Gasteiger partial charge is 0.242 e. The van der Waals surface area contributed by atoms with Crippen molar-refractivity contribution in [2.45, 2.75) is 90.6 Å². The lowest BCUT2D eigenvalue weighted by molar-refractivity contribution is -0.141. The van der Waals surface area contributed by atoms with Crippen molar-refractivity contribution in [1.82, 2.24) is 14.4 Å². The van der Waals surface area contributed by atoms with Crippen molar-refractivity contribution in [3.05, 3.63) is 24.0 Å². The average Bonchev–Trinajstić information content (AvgIpc) is 3.45. The van der Waals surface area contributed by atoms with Gasteiger partial charge in [0.05, 0.1) is 6.54 Å². The second-order valence-electron chi connectivity index (χ2n) is 8.20. The van der Waals surface area contributed by atoms with Crippen LogP contribution in [-0.4, -0.2) is 45.3 Å². The van der Waals surface area contributed by atoms with Crippen LogP contribution < -0.4 is 0 Å². The highest BCUT2D eigenvalue weighted by Gasteiger charge is 2.34. The van der Waals surface area contributed by atoms with Gasteiger partial charge in [0.25, 0.3) is 0 Å². The zero-order valence-electron chi connectivity index (χ0n) is 18.2. The Morgan fingerprint density at radius 2 is 1.75 bits per heavy atom. The number of carbonyl (C=O) groups is 2. The third-order valence-corrected chi connectivity index (χ3v) is 5.65. The largest absolute Gasteiger partial charge is 0.353 e. The van der Waals surface area contributed by atoms with Crippen LogP contribution in [0.1, 0.15) is 83.7 Å². The fourth-order valence-corrected chi connectivity index (χ4v) is 3.57. The van der Waals surface area contributed by atoms with Crippen molar-refractivity contribution in [2.75, 3.05) is 13.1 Å². The summed E-state index contributed by atoms with van der Waals surface area (Å²) in [5, 5.41) is 0. The molecule has 28 heavy (non-hydrogen) atoms. The highest BCUT2D eigenvalue weighted by molar-refractivity contribution is 5.85. The van der Waals surface area contributed by atoms with E-state index in [1.165, 1.54) is 19.3 Å². The lowest BCUT2D eigenvalue weighted by Crippen LogP contribution is -2.44. The molecule has 1 aromatic rings. The molecule has 5 nitrogen and oxygen atoms in total. The Morgan fingerprint density at radius 3 is 2.36 bits per heavy atom. The zero-order valence-corrected chi connectivity index (χ0v) is 18.2. The van der Waals surface area contributed by atoms with Crippen LogP contribution in [0.2, 0.25) is 0 Å². The lowest BCUT2D eigenvalue weighted by atomic mass is 10.1. The maximum absolute atomic E-state index is 13.1. The number of hydrogen-bond acceptors (Lipinski definition) is 2. The van der Waals surface area contributed by atoms with E-state index >= 15 is 0 Å². The molecule has 0 saturated heterocycles. The first-order valence-corrected chi connectivity index (χ1v) is 11.2. The van der Waals surface area contributed by atoms with Crippen molar-refractivity contribution < 1.29 is 9.59 Å². The summed E-state index contributed by atoms with van der Waals surface area (Å²) in [6, 6.07) is 4.36. The molecule has 1 saturated carbocycles. The van der Waals surface area contributed by atoms with Gasteiger partial charge >= 0.3 is 0 Å². The van der Waals surface area contributed by atoms with Crippen LogP contribution in [0, 0.1) is 0 Å². The Kier molecular flexibility index (Phi) is 9.59. The minimum Gasteiger partial charge on any atom is -0.353 e. The lowest BCUT2D eigenvalue weighted by Gasteiger charge is -2.28. The molecule has 1 aliphatic carbocycles. The first-order valence-electron chi connectivity index (χ1n) is 11.2. The van der Waals surface area contributed by atoms with Crippen LogP contribution in [0.5, 0.6) is 0 Å². The molecule has 1 aliphatic rings. The Hall–Kier alpha value is -1.78. The maximum Gasteiger partial charge on any atom is 0.242 e. The van der Waals surface area contributed by atoms with Gasteiger partial charge in [-0.2, -0.15) is 0 Å². The van der Waals surface area contributed by atoms with E-state index in [0.717, 1.165) is 50.8 Å². The standard InChI is InChI=1S/C23H39N3O2/c1-4-6-8-9-10-13-22(27)26(20-14-15-20)19-23(28)25(17-7-5-2)18-21-12-11-16-24(21)3/h11-12,16,20H,4-10,13-15,17-19H2,1-3H3. The summed E-state index contributed by atoms with van der Waals surface area (Å²) in [6.45, 7) is 5.96. The highest BCUT2D eigenvalue weighted by Crippen LogP contribution is 2.28. The molecule has 0 unspecified atom stereocenters. The summed E-state index contributed by atoms with van der Waals surface area (Å²) in [7, 11) is 2.01. The van der Waals surface area contributed by atoms with Gasteiger partial charge in [0, 0.05) is 37.9 Å². The molecular formula is C23H39N3O2. The van der Waals surface area contributed by atoms with E-state index in [9.17, 15) is 9.59 Å². The van der Waals surface area contributed by atoms with Gasteiger partial charge in [0.2, 0.25) is 11.8 Å². The van der Waals surface area contributed by atoms with Gasteiger partial charge in [-0.1, -0.05) is 46.0 Å². The van der Waals surface area contributed by atoms with Crippen LogP contribution in [-0.2, 0) is 23.2 Å². The van der Waals surface area contributed by atoms with Gasteiger partial charge in [-0.05, 0) is 37.8 Å². The van der Waals surface area contributed by atoms with E-state index in [2.05, 4.69) is 24.5 Å². The first-order chi connectivity index (χ1) is 13.6. The number of aromatic nitrogens is 1. The zero-order chi connectivity index (χ0) is 20.4. The van der Waals surface area contributed by atoms with Gasteiger partial charge in [0.15, 0.2) is 0 Å². The van der Waals surface area contributed by atoms with Crippen LogP contribution in [0.25, 0.3) is 0 Å². The van der Waals surface area contributed by atoms with Crippen molar-refractivity contribution in [3.8, 4) is 0 Å². The molecule has 1 aromatic heterocycles. The van der Waals surface area contributed by atoms with Crippen molar-refractivity contribution in [1.29, 1.82) is 0 Å². The molecule has 158 valence electrons. The second kappa shape index (κ2) is 11.9. The Morgan fingerprint density at radius 1 is 1.04 bits per heavy atom. The van der Waals surface area contributed by atoms with E-state index in [1.54, 1.807) is 0 Å². The normalized spacial score (nSPS) is 13.5. The van der Waals surface area contributed by atoms with Crippen molar-refractivity contribution in [3.63, 3.8) is 0 Å². The number of nitrogens with zero attached hydrogens (tertiary/aromatic N) is 3. The van der Waals surface area contributed by atoms with Crippen molar-refractivity contribution >= 4 is 11.8 Å². The minimum atomic E-state index is 0.0842. The van der Waals surface area contributed by atoms with Crippen LogP contribution in [0.15, 0.2) is 18.3 Å². The van der Waals surface area contributed by atoms with Gasteiger partial charge in [0.1, 0.15) is 6.54 Å². The molecule has 0 aromatic carbocycles. The van der Waals surface area contributed by atoms with Gasteiger partial charge in [-0.15, -0.1) is 0 Å². The van der Waals surface area contributed by atoms with Gasteiger partial charge in [-0.3, -0.25) is 9.59 Å². The SMILES string of the molecule is CCCCCCCC(=O)N(CC(=O)N(CCCC)Cc1cccn1C)C1CC1. The van der Waals surface area contributed by atoms with Crippen LogP contribution in [0.3, 0.4) is 0 Å². The summed E-state index contributed by atoms with van der Waals surface area (Å²) in [4.78, 5) is 29.6. The maximum atomic E-state index is 13.1. The molecule has 0 spiro atoms. The number of hydrogen-bond donors (Lipinski definition) is 0. The van der Waals surface area contributed by atoms with Crippen LogP contribution >= 0.6 is 0 Å².